The van der Waals surface area contributed by atoms with Crippen molar-refractivity contribution in [3.05, 3.63) is 211 Å². The van der Waals surface area contributed by atoms with Gasteiger partial charge in [-0.2, -0.15) is 0 Å². The van der Waals surface area contributed by atoms with E-state index >= 15 is 0 Å². The number of para-hydroxylation sites is 2. The maximum atomic E-state index is 6.68. The summed E-state index contributed by atoms with van der Waals surface area (Å²) in [5, 5.41) is 3.43. The minimum atomic E-state index is -1.34. The first-order valence-electron chi connectivity index (χ1n) is 24.4. The van der Waals surface area contributed by atoms with Gasteiger partial charge >= 0.3 is 0 Å². The largest absolute Gasteiger partial charge is 0.486 e. The van der Waals surface area contributed by atoms with Crippen LogP contribution in [0.1, 0.15) is 45.7 Å². The van der Waals surface area contributed by atoms with E-state index < -0.39 is 8.07 Å². The Balaban J connectivity index is 0.000000251. The summed E-state index contributed by atoms with van der Waals surface area (Å²) in [6.07, 6.45) is 3.24. The second kappa shape index (κ2) is 20.4. The van der Waals surface area contributed by atoms with Crippen LogP contribution < -0.4 is 5.19 Å². The van der Waals surface area contributed by atoms with Crippen molar-refractivity contribution in [2.75, 3.05) is 0 Å². The van der Waals surface area contributed by atoms with Gasteiger partial charge in [-0.3, -0.25) is 4.98 Å². The quantitative estimate of drug-likeness (QED) is 0.107. The van der Waals surface area contributed by atoms with E-state index in [4.69, 9.17) is 14.4 Å². The number of pyridine rings is 2. The summed E-state index contributed by atoms with van der Waals surface area (Å²) in [4.78, 5) is 15.0. The first-order valence-corrected chi connectivity index (χ1v) is 27.9. The van der Waals surface area contributed by atoms with Crippen molar-refractivity contribution in [1.82, 2.24) is 19.5 Å². The van der Waals surface area contributed by atoms with Gasteiger partial charge in [0.2, 0.25) is 5.71 Å². The van der Waals surface area contributed by atoms with Crippen molar-refractivity contribution in [3.8, 4) is 61.8 Å². The molecule has 355 valence electrons. The molecule has 7 aromatic carbocycles. The third kappa shape index (κ3) is 10.1. The van der Waals surface area contributed by atoms with Crippen LogP contribution in [0.25, 0.3) is 94.9 Å². The monoisotopic (exact) mass is 1120 g/mol. The van der Waals surface area contributed by atoms with E-state index in [-0.39, 0.29) is 25.5 Å². The summed E-state index contributed by atoms with van der Waals surface area (Å²) in [5.74, 6) is 1.43. The van der Waals surface area contributed by atoms with Gasteiger partial charge in [0.05, 0.1) is 41.9 Å². The molecule has 11 rings (SSSR count). The third-order valence-corrected chi connectivity index (χ3v) is 15.0. The standard InChI is InChI=1S/C46H34N3O.C18H24NSi.Ir/c1-46(2,3)33-28-37(30-16-7-4-8-17-30)42(38(29-33)31-18-9-5-10-19-31)49-41-25-14-13-24-40(41)47-44(49)36-23-15-22-34-35-26-27-39(32-20-11-6-12-21-32)48-45(35)50-43(34)36;1-14(2)11-16-12-17(15-9-7-6-8-10-15)19-13-18(16)20(3,4)5;/h4-22,24-29H,1-3H3;6-9,12-14H,11H2,1-5H3;/q2*-1;. The van der Waals surface area contributed by atoms with Gasteiger partial charge in [0.1, 0.15) is 0 Å². The topological polar surface area (TPSA) is 56.7 Å². The second-order valence-electron chi connectivity index (χ2n) is 20.6. The number of nitrogens with zero attached hydrogens (tertiary/aromatic N) is 4. The van der Waals surface area contributed by atoms with Crippen LogP contribution in [0.3, 0.4) is 0 Å². The van der Waals surface area contributed by atoms with Crippen molar-refractivity contribution in [2.45, 2.75) is 66.1 Å². The number of hydrogen-bond donors (Lipinski definition) is 0. The fraction of sp³-hybridized carbons (Fsp3) is 0.172. The summed E-state index contributed by atoms with van der Waals surface area (Å²) >= 11 is 0. The van der Waals surface area contributed by atoms with Crippen LogP contribution in [0.5, 0.6) is 0 Å². The number of benzene rings is 7. The number of imidazole rings is 1. The molecular formula is C64H58IrN4OSi-2. The third-order valence-electron chi connectivity index (χ3n) is 12.9. The summed E-state index contributed by atoms with van der Waals surface area (Å²) < 4.78 is 9.00. The molecule has 4 heterocycles. The zero-order valence-electron chi connectivity index (χ0n) is 41.7. The molecule has 0 spiro atoms. The van der Waals surface area contributed by atoms with E-state index in [1.807, 2.05) is 48.5 Å². The number of rotatable bonds is 9. The van der Waals surface area contributed by atoms with E-state index in [1.54, 1.807) is 0 Å². The van der Waals surface area contributed by atoms with Crippen molar-refractivity contribution in [1.29, 1.82) is 0 Å². The molecule has 0 amide bonds. The van der Waals surface area contributed by atoms with Gasteiger partial charge in [0.15, 0.2) is 0 Å². The van der Waals surface area contributed by atoms with Gasteiger partial charge in [0.25, 0.3) is 0 Å². The molecule has 0 atom stereocenters. The van der Waals surface area contributed by atoms with Crippen LogP contribution in [-0.2, 0) is 31.9 Å². The van der Waals surface area contributed by atoms with Gasteiger partial charge in [-0.05, 0) is 81.7 Å². The van der Waals surface area contributed by atoms with Crippen LogP contribution in [-0.4, -0.2) is 27.6 Å². The SMILES string of the molecule is CC(C)(C)c1cc(-c2ccccc2)c(-n2c(-c3[c-]ccc4c3oc3nc(-c5ccccc5)ccc34)nc3ccccc32)c(-c2ccccc2)c1.CC(C)Cc1cc(-c2[c-]cccc2)ncc1[Si](C)(C)C.[Ir]. The number of furan rings is 1. The molecule has 7 heteroatoms. The molecule has 0 saturated carbocycles. The Kier molecular flexibility index (Phi) is 14.1. The number of fused-ring (bicyclic) bond motifs is 4. The van der Waals surface area contributed by atoms with E-state index in [0.29, 0.717) is 17.2 Å². The fourth-order valence-electron chi connectivity index (χ4n) is 9.44. The average Bonchev–Trinajstić information content (AvgIpc) is 3.95. The van der Waals surface area contributed by atoms with E-state index in [9.17, 15) is 0 Å². The van der Waals surface area contributed by atoms with Crippen LogP contribution in [0.15, 0.2) is 193 Å². The molecule has 0 aliphatic rings. The van der Waals surface area contributed by atoms with Gasteiger partial charge in [-0.25, -0.2) is 4.98 Å². The minimum Gasteiger partial charge on any atom is -0.486 e. The maximum Gasteiger partial charge on any atom is 0.216 e. The molecule has 0 saturated heterocycles. The Bertz CT molecular complexity index is 3550. The Morgan fingerprint density at radius 1 is 0.620 bits per heavy atom. The summed E-state index contributed by atoms with van der Waals surface area (Å²) in [5.41, 5.74) is 16.3. The predicted molar refractivity (Wildman–Crippen MR) is 295 cm³/mol. The molecule has 71 heavy (non-hydrogen) atoms. The summed E-state index contributed by atoms with van der Waals surface area (Å²) in [6.45, 7) is 18.6. The van der Waals surface area contributed by atoms with E-state index in [0.717, 1.165) is 90.1 Å². The number of hydrogen-bond acceptors (Lipinski definition) is 4. The first kappa shape index (κ1) is 49.0. The molecule has 0 fully saturated rings. The molecule has 0 aliphatic heterocycles. The van der Waals surface area contributed by atoms with Crippen LogP contribution in [0.2, 0.25) is 19.6 Å². The normalized spacial score (nSPS) is 11.7. The Hall–Kier alpha value is -7.02. The number of aromatic nitrogens is 4. The molecular weight excluding hydrogens is 1060 g/mol. The zero-order valence-corrected chi connectivity index (χ0v) is 45.1. The summed E-state index contributed by atoms with van der Waals surface area (Å²) in [7, 11) is -1.34. The van der Waals surface area contributed by atoms with E-state index in [1.165, 1.54) is 16.3 Å². The smallest absolute Gasteiger partial charge is 0.216 e. The average molecular weight is 1120 g/mol. The van der Waals surface area contributed by atoms with Crippen molar-refractivity contribution in [2.24, 2.45) is 5.92 Å². The Morgan fingerprint density at radius 2 is 1.24 bits per heavy atom. The summed E-state index contributed by atoms with van der Waals surface area (Å²) in [6, 6.07) is 70.0. The maximum absolute atomic E-state index is 6.68. The molecule has 11 aromatic rings. The molecule has 0 aliphatic carbocycles. The van der Waals surface area contributed by atoms with Gasteiger partial charge < -0.3 is 14.0 Å². The fourth-order valence-corrected chi connectivity index (χ4v) is 11.0. The zero-order chi connectivity index (χ0) is 48.6. The van der Waals surface area contributed by atoms with Crippen LogP contribution >= 0.6 is 0 Å². The van der Waals surface area contributed by atoms with Crippen molar-refractivity contribution < 1.29 is 24.5 Å². The Morgan fingerprint density at radius 3 is 1.85 bits per heavy atom. The molecule has 0 unspecified atom stereocenters. The predicted octanol–water partition coefficient (Wildman–Crippen LogP) is 16.4. The van der Waals surface area contributed by atoms with Gasteiger partial charge in [-0.15, -0.1) is 54.1 Å². The van der Waals surface area contributed by atoms with Gasteiger partial charge in [0, 0.05) is 48.4 Å². The minimum absolute atomic E-state index is 0. The van der Waals surface area contributed by atoms with Crippen LogP contribution in [0, 0.1) is 18.1 Å². The molecule has 5 nitrogen and oxygen atoms in total. The Labute approximate surface area is 433 Å². The van der Waals surface area contributed by atoms with Gasteiger partial charge in [-0.1, -0.05) is 180 Å². The molecule has 1 radical (unpaired) electrons. The molecule has 0 N–H and O–H groups in total. The van der Waals surface area contributed by atoms with Crippen molar-refractivity contribution in [3.63, 3.8) is 0 Å². The van der Waals surface area contributed by atoms with Crippen molar-refractivity contribution >= 4 is 46.4 Å². The first-order chi connectivity index (χ1) is 33.8. The molecule has 0 bridgehead atoms. The second-order valence-corrected chi connectivity index (χ2v) is 25.7. The van der Waals surface area contributed by atoms with E-state index in [2.05, 4.69) is 216 Å². The van der Waals surface area contributed by atoms with Crippen LogP contribution in [0.4, 0.5) is 0 Å². The molecule has 4 aromatic heterocycles.